The molecule has 132 valence electrons. The fraction of sp³-hybridized carbons (Fsp3) is 0.250. The highest BCUT2D eigenvalue weighted by molar-refractivity contribution is 8.18. The number of aliphatic imine (C=N–C) groups is 1. The molecule has 0 unspecified atom stereocenters. The summed E-state index contributed by atoms with van der Waals surface area (Å²) in [6.07, 6.45) is 1.66. The number of esters is 1. The third-order valence-corrected chi connectivity index (χ3v) is 4.04. The molecule has 0 aromatic heterocycles. The molecule has 0 saturated heterocycles. The molecule has 0 fully saturated rings. The van der Waals surface area contributed by atoms with E-state index in [9.17, 15) is 20.0 Å². The average Bonchev–Trinajstić information content (AvgIpc) is 2.83. The predicted molar refractivity (Wildman–Crippen MR) is 95.8 cm³/mol. The molecule has 0 aliphatic carbocycles. The molecule has 1 aliphatic rings. The first-order valence-electron chi connectivity index (χ1n) is 7.33. The molecular formula is C16H17N3O5S. The van der Waals surface area contributed by atoms with E-state index in [1.54, 1.807) is 32.1 Å². The normalized spacial score (nSPS) is 17.2. The predicted octanol–water partition coefficient (Wildman–Crippen LogP) is 3.15. The summed E-state index contributed by atoms with van der Waals surface area (Å²) in [5, 5.41) is 21.3. The van der Waals surface area contributed by atoms with Gasteiger partial charge in [0.05, 0.1) is 22.1 Å². The van der Waals surface area contributed by atoms with Crippen molar-refractivity contribution in [3.63, 3.8) is 0 Å². The van der Waals surface area contributed by atoms with Crippen molar-refractivity contribution in [1.29, 1.82) is 0 Å². The van der Waals surface area contributed by atoms with Gasteiger partial charge in [-0.1, -0.05) is 11.8 Å². The Morgan fingerprint density at radius 1 is 1.40 bits per heavy atom. The molecule has 0 bridgehead atoms. The number of ether oxygens (including phenoxy) is 1. The monoisotopic (exact) mass is 363 g/mol. The highest BCUT2D eigenvalue weighted by Gasteiger charge is 2.33. The van der Waals surface area contributed by atoms with Crippen LogP contribution in [0.1, 0.15) is 6.92 Å². The van der Waals surface area contributed by atoms with Crippen LogP contribution in [0.15, 0.2) is 51.7 Å². The molecule has 1 N–H and O–H groups in total. The Morgan fingerprint density at radius 3 is 2.56 bits per heavy atom. The first-order chi connectivity index (χ1) is 11.8. The van der Waals surface area contributed by atoms with Gasteiger partial charge in [0.1, 0.15) is 16.4 Å². The van der Waals surface area contributed by atoms with E-state index in [1.807, 2.05) is 0 Å². The molecule has 25 heavy (non-hydrogen) atoms. The maximum Gasteiger partial charge on any atom is 0.344 e. The number of nitro groups is 1. The summed E-state index contributed by atoms with van der Waals surface area (Å²) in [4.78, 5) is 28.9. The molecule has 0 amide bonds. The van der Waals surface area contributed by atoms with E-state index in [2.05, 4.69) is 4.99 Å². The number of aliphatic hydroxyl groups excluding tert-OH is 1. The number of hydrogen-bond acceptors (Lipinski definition) is 8. The van der Waals surface area contributed by atoms with E-state index < -0.39 is 10.9 Å². The van der Waals surface area contributed by atoms with Crippen LogP contribution >= 0.6 is 11.8 Å². The molecule has 0 atom stereocenters. The maximum atomic E-state index is 12.2. The Kier molecular flexibility index (Phi) is 5.81. The van der Waals surface area contributed by atoms with Crippen LogP contribution < -0.4 is 0 Å². The van der Waals surface area contributed by atoms with Crippen LogP contribution in [0.3, 0.4) is 0 Å². The molecular weight excluding hydrogens is 346 g/mol. The molecule has 8 nitrogen and oxygen atoms in total. The third-order valence-electron chi connectivity index (χ3n) is 3.04. The van der Waals surface area contributed by atoms with Gasteiger partial charge in [0.2, 0.25) is 0 Å². The Morgan fingerprint density at radius 2 is 2.04 bits per heavy atom. The second-order valence-corrected chi connectivity index (χ2v) is 6.22. The summed E-state index contributed by atoms with van der Waals surface area (Å²) in [6.45, 7) is 1.83. The molecule has 1 aromatic rings. The number of nitrogens with zero attached hydrogens (tertiary/aromatic N) is 3. The SMILES string of the molecule is CCOC(=O)C1=C(O)/C(=C/N(C)C)SC1=Nc1ccc([N+](=O)[O-])cc1. The van der Waals surface area contributed by atoms with Gasteiger partial charge < -0.3 is 14.7 Å². The van der Waals surface area contributed by atoms with Crippen LogP contribution in [-0.4, -0.2) is 46.6 Å². The van der Waals surface area contributed by atoms with E-state index in [4.69, 9.17) is 4.74 Å². The second kappa shape index (κ2) is 7.84. The van der Waals surface area contributed by atoms with Crippen LogP contribution in [-0.2, 0) is 9.53 Å². The van der Waals surface area contributed by atoms with Crippen LogP contribution in [0, 0.1) is 10.1 Å². The van der Waals surface area contributed by atoms with E-state index in [1.165, 1.54) is 24.3 Å². The summed E-state index contributed by atoms with van der Waals surface area (Å²) >= 11 is 1.13. The minimum atomic E-state index is -0.671. The molecule has 9 heteroatoms. The van der Waals surface area contributed by atoms with E-state index in [-0.39, 0.29) is 28.7 Å². The average molecular weight is 363 g/mol. The zero-order valence-electron chi connectivity index (χ0n) is 13.9. The van der Waals surface area contributed by atoms with Crippen molar-refractivity contribution in [2.75, 3.05) is 20.7 Å². The largest absolute Gasteiger partial charge is 0.506 e. The fourth-order valence-corrected chi connectivity index (χ4v) is 3.09. The molecule has 0 saturated carbocycles. The minimum Gasteiger partial charge on any atom is -0.506 e. The van der Waals surface area contributed by atoms with E-state index >= 15 is 0 Å². The van der Waals surface area contributed by atoms with Gasteiger partial charge in [-0.05, 0) is 19.1 Å². The number of nitro benzene ring substituents is 1. The van der Waals surface area contributed by atoms with E-state index in [0.29, 0.717) is 10.6 Å². The lowest BCUT2D eigenvalue weighted by Crippen LogP contribution is -2.12. The molecule has 1 heterocycles. The van der Waals surface area contributed by atoms with Crippen molar-refractivity contribution >= 4 is 34.1 Å². The summed E-state index contributed by atoms with van der Waals surface area (Å²) < 4.78 is 4.99. The number of rotatable bonds is 5. The number of carbonyl (C=O) groups is 1. The van der Waals surface area contributed by atoms with Crippen LogP contribution in [0.4, 0.5) is 11.4 Å². The van der Waals surface area contributed by atoms with Crippen LogP contribution in [0.5, 0.6) is 0 Å². The molecule has 0 radical (unpaired) electrons. The number of non-ortho nitro benzene ring substituents is 1. The number of carbonyl (C=O) groups excluding carboxylic acids is 1. The second-order valence-electron chi connectivity index (χ2n) is 5.19. The highest BCUT2D eigenvalue weighted by atomic mass is 32.2. The summed E-state index contributed by atoms with van der Waals surface area (Å²) in [5.74, 6) is -0.867. The summed E-state index contributed by atoms with van der Waals surface area (Å²) in [7, 11) is 3.58. The molecule has 2 rings (SSSR count). The van der Waals surface area contributed by atoms with Gasteiger partial charge in [0.15, 0.2) is 0 Å². The molecule has 1 aromatic carbocycles. The van der Waals surface area contributed by atoms with Crippen molar-refractivity contribution in [3.05, 3.63) is 56.8 Å². The topological polar surface area (TPSA) is 105 Å². The van der Waals surface area contributed by atoms with Crippen molar-refractivity contribution in [3.8, 4) is 0 Å². The first-order valence-corrected chi connectivity index (χ1v) is 8.15. The number of thioether (sulfide) groups is 1. The van der Waals surface area contributed by atoms with Gasteiger partial charge in [0.25, 0.3) is 5.69 Å². The van der Waals surface area contributed by atoms with Gasteiger partial charge in [0, 0.05) is 32.4 Å². The minimum absolute atomic E-state index is 0.0155. The van der Waals surface area contributed by atoms with Crippen molar-refractivity contribution in [1.82, 2.24) is 4.90 Å². The van der Waals surface area contributed by atoms with Gasteiger partial charge in [-0.3, -0.25) is 10.1 Å². The third kappa shape index (κ3) is 4.38. The van der Waals surface area contributed by atoms with Crippen molar-refractivity contribution in [2.24, 2.45) is 4.99 Å². The van der Waals surface area contributed by atoms with Gasteiger partial charge in [-0.2, -0.15) is 0 Å². The van der Waals surface area contributed by atoms with Crippen molar-refractivity contribution < 1.29 is 19.6 Å². The Hall–Kier alpha value is -2.81. The Bertz CT molecular complexity index is 781. The summed E-state index contributed by atoms with van der Waals surface area (Å²) in [6, 6.07) is 5.59. The lowest BCUT2D eigenvalue weighted by atomic mass is 10.2. The maximum absolute atomic E-state index is 12.2. The van der Waals surface area contributed by atoms with Gasteiger partial charge >= 0.3 is 5.97 Å². The number of aliphatic hydroxyl groups is 1. The van der Waals surface area contributed by atoms with Crippen LogP contribution in [0.25, 0.3) is 0 Å². The first kappa shape index (κ1) is 18.5. The Labute approximate surface area is 148 Å². The number of hydrogen-bond donors (Lipinski definition) is 1. The van der Waals surface area contributed by atoms with Gasteiger partial charge in [-0.25, -0.2) is 9.79 Å². The quantitative estimate of drug-likeness (QED) is 0.486. The van der Waals surface area contributed by atoms with Crippen molar-refractivity contribution in [2.45, 2.75) is 6.92 Å². The van der Waals surface area contributed by atoms with E-state index in [0.717, 1.165) is 11.8 Å². The standard InChI is InChI=1S/C16H17N3O5S/c1-4-24-16(21)13-14(20)12(9-18(2)3)25-15(13)17-10-5-7-11(8-6-10)19(22)23/h5-9,20H,4H2,1-3H3/b12-9-,17-15?. The lowest BCUT2D eigenvalue weighted by molar-refractivity contribution is -0.384. The number of benzene rings is 1. The molecule has 0 spiro atoms. The smallest absolute Gasteiger partial charge is 0.344 e. The highest BCUT2D eigenvalue weighted by Crippen LogP contribution is 2.39. The van der Waals surface area contributed by atoms with Crippen LogP contribution in [0.2, 0.25) is 0 Å². The zero-order valence-corrected chi connectivity index (χ0v) is 14.7. The summed E-state index contributed by atoms with van der Waals surface area (Å²) in [5.41, 5.74) is 0.354. The Balaban J connectivity index is 2.43. The zero-order chi connectivity index (χ0) is 18.6. The van der Waals surface area contributed by atoms with Gasteiger partial charge in [-0.15, -0.1) is 0 Å². The fourth-order valence-electron chi connectivity index (χ4n) is 1.98. The lowest BCUT2D eigenvalue weighted by Gasteiger charge is -2.06. The molecule has 1 aliphatic heterocycles.